The topological polar surface area (TPSA) is 66.8 Å². The van der Waals surface area contributed by atoms with Crippen molar-refractivity contribution in [2.24, 2.45) is 0 Å². The quantitative estimate of drug-likeness (QED) is 0.827. The summed E-state index contributed by atoms with van der Waals surface area (Å²) < 4.78 is 5.23. The molecule has 1 N–H and O–H groups in total. The first kappa shape index (κ1) is 14.5. The van der Waals surface area contributed by atoms with Gasteiger partial charge >= 0.3 is 5.97 Å². The van der Waals surface area contributed by atoms with Gasteiger partial charge in [0.2, 0.25) is 5.91 Å². The van der Waals surface area contributed by atoms with Crippen molar-refractivity contribution in [2.75, 3.05) is 13.2 Å². The van der Waals surface area contributed by atoms with E-state index in [9.17, 15) is 14.7 Å². The number of benzene rings is 1. The molecule has 0 saturated heterocycles. The fraction of sp³-hybridized carbons (Fsp3) is 0.467. The number of hydrogen-bond acceptors (Lipinski definition) is 3. The summed E-state index contributed by atoms with van der Waals surface area (Å²) in [6.45, 7) is 2.75. The van der Waals surface area contributed by atoms with Gasteiger partial charge in [-0.3, -0.25) is 4.79 Å². The van der Waals surface area contributed by atoms with Crippen LogP contribution in [0.2, 0.25) is 0 Å². The Hall–Kier alpha value is -1.88. The highest BCUT2D eigenvalue weighted by Crippen LogP contribution is 2.23. The van der Waals surface area contributed by atoms with E-state index in [0.717, 1.165) is 17.5 Å². The van der Waals surface area contributed by atoms with Crippen LogP contribution in [0.5, 0.6) is 0 Å². The van der Waals surface area contributed by atoms with Crippen molar-refractivity contribution in [1.29, 1.82) is 0 Å². The van der Waals surface area contributed by atoms with E-state index >= 15 is 0 Å². The molecular weight excluding hydrogens is 258 g/mol. The number of carbonyl (C=O) groups excluding carboxylic acids is 1. The SMILES string of the molecule is CCCOCC(=O)N1Cc2ccccc2C[C@@H]1C(=O)O. The van der Waals surface area contributed by atoms with Crippen LogP contribution in [-0.2, 0) is 27.3 Å². The highest BCUT2D eigenvalue weighted by Gasteiger charge is 2.34. The molecule has 0 spiro atoms. The average molecular weight is 277 g/mol. The Morgan fingerprint density at radius 1 is 1.35 bits per heavy atom. The molecule has 1 aromatic rings. The van der Waals surface area contributed by atoms with Crippen LogP contribution in [0.15, 0.2) is 24.3 Å². The Balaban J connectivity index is 2.13. The average Bonchev–Trinajstić information content (AvgIpc) is 2.46. The number of aliphatic carboxylic acids is 1. The van der Waals surface area contributed by atoms with Crippen molar-refractivity contribution in [1.82, 2.24) is 4.90 Å². The first-order chi connectivity index (χ1) is 9.63. The van der Waals surface area contributed by atoms with Crippen LogP contribution in [0.25, 0.3) is 0 Å². The lowest BCUT2D eigenvalue weighted by atomic mass is 9.94. The highest BCUT2D eigenvalue weighted by atomic mass is 16.5. The molecule has 0 radical (unpaired) electrons. The second kappa shape index (κ2) is 6.52. The number of amides is 1. The van der Waals surface area contributed by atoms with Gasteiger partial charge in [-0.05, 0) is 17.5 Å². The third-order valence-electron chi connectivity index (χ3n) is 3.43. The number of hydrogen-bond donors (Lipinski definition) is 1. The number of fused-ring (bicyclic) bond motifs is 1. The summed E-state index contributed by atoms with van der Waals surface area (Å²) in [6.07, 6.45) is 1.18. The van der Waals surface area contributed by atoms with Gasteiger partial charge in [-0.15, -0.1) is 0 Å². The maximum absolute atomic E-state index is 12.1. The minimum absolute atomic E-state index is 0.0558. The zero-order valence-corrected chi connectivity index (χ0v) is 11.5. The molecule has 0 aliphatic carbocycles. The fourth-order valence-corrected chi connectivity index (χ4v) is 2.39. The minimum atomic E-state index is -0.969. The van der Waals surface area contributed by atoms with Gasteiger partial charge in [0.05, 0.1) is 0 Å². The van der Waals surface area contributed by atoms with Gasteiger partial charge in [0.25, 0.3) is 0 Å². The summed E-state index contributed by atoms with van der Waals surface area (Å²) in [7, 11) is 0. The molecule has 0 aromatic heterocycles. The number of carboxylic acids is 1. The zero-order chi connectivity index (χ0) is 14.5. The molecule has 5 heteroatoms. The molecule has 1 heterocycles. The maximum atomic E-state index is 12.1. The summed E-state index contributed by atoms with van der Waals surface area (Å²) in [5.74, 6) is -1.23. The number of carbonyl (C=O) groups is 2. The van der Waals surface area contributed by atoms with E-state index in [0.29, 0.717) is 19.6 Å². The predicted octanol–water partition coefficient (Wildman–Crippen LogP) is 1.45. The van der Waals surface area contributed by atoms with Crippen molar-refractivity contribution in [3.63, 3.8) is 0 Å². The number of rotatable bonds is 5. The first-order valence-electron chi connectivity index (χ1n) is 6.80. The van der Waals surface area contributed by atoms with Crippen molar-refractivity contribution < 1.29 is 19.4 Å². The van der Waals surface area contributed by atoms with E-state index in [-0.39, 0.29) is 12.5 Å². The van der Waals surface area contributed by atoms with Crippen molar-refractivity contribution in [3.8, 4) is 0 Å². The van der Waals surface area contributed by atoms with Crippen LogP contribution < -0.4 is 0 Å². The van der Waals surface area contributed by atoms with E-state index in [1.54, 1.807) is 0 Å². The number of carboxylic acid groups (broad SMARTS) is 1. The monoisotopic (exact) mass is 277 g/mol. The van der Waals surface area contributed by atoms with E-state index in [2.05, 4.69) is 0 Å². The molecule has 1 amide bonds. The third kappa shape index (κ3) is 3.17. The smallest absolute Gasteiger partial charge is 0.326 e. The van der Waals surface area contributed by atoms with E-state index in [4.69, 9.17) is 4.74 Å². The summed E-state index contributed by atoms with van der Waals surface area (Å²) in [5.41, 5.74) is 2.01. The Labute approximate surface area is 118 Å². The lowest BCUT2D eigenvalue weighted by Gasteiger charge is -2.34. The molecule has 0 saturated carbocycles. The van der Waals surface area contributed by atoms with Gasteiger partial charge in [-0.25, -0.2) is 4.79 Å². The molecule has 2 rings (SSSR count). The van der Waals surface area contributed by atoms with Crippen LogP contribution in [0.1, 0.15) is 24.5 Å². The predicted molar refractivity (Wildman–Crippen MR) is 73.2 cm³/mol. The lowest BCUT2D eigenvalue weighted by Crippen LogP contribution is -2.49. The Morgan fingerprint density at radius 3 is 2.70 bits per heavy atom. The second-order valence-corrected chi connectivity index (χ2v) is 4.90. The largest absolute Gasteiger partial charge is 0.480 e. The second-order valence-electron chi connectivity index (χ2n) is 4.90. The van der Waals surface area contributed by atoms with Gasteiger partial charge in [-0.2, -0.15) is 0 Å². The van der Waals surface area contributed by atoms with Gasteiger partial charge in [0.1, 0.15) is 12.6 Å². The molecule has 0 fully saturated rings. The Bertz CT molecular complexity index is 500. The molecule has 108 valence electrons. The minimum Gasteiger partial charge on any atom is -0.480 e. The van der Waals surface area contributed by atoms with Crippen molar-refractivity contribution in [2.45, 2.75) is 32.4 Å². The lowest BCUT2D eigenvalue weighted by molar-refractivity contribution is -0.153. The summed E-state index contributed by atoms with van der Waals surface area (Å²) in [4.78, 5) is 24.9. The maximum Gasteiger partial charge on any atom is 0.326 e. The van der Waals surface area contributed by atoms with Gasteiger partial charge in [0, 0.05) is 19.6 Å². The van der Waals surface area contributed by atoms with Crippen molar-refractivity contribution >= 4 is 11.9 Å². The van der Waals surface area contributed by atoms with E-state index in [1.165, 1.54) is 4.90 Å². The third-order valence-corrected chi connectivity index (χ3v) is 3.43. The van der Waals surface area contributed by atoms with Gasteiger partial charge in [-0.1, -0.05) is 31.2 Å². The highest BCUT2D eigenvalue weighted by molar-refractivity contribution is 5.85. The van der Waals surface area contributed by atoms with Crippen LogP contribution in [0, 0.1) is 0 Å². The molecule has 5 nitrogen and oxygen atoms in total. The molecular formula is C15H19NO4. The molecule has 1 aromatic carbocycles. The van der Waals surface area contributed by atoms with Crippen LogP contribution in [0.4, 0.5) is 0 Å². The number of nitrogens with zero attached hydrogens (tertiary/aromatic N) is 1. The van der Waals surface area contributed by atoms with Crippen LogP contribution in [-0.4, -0.2) is 41.1 Å². The van der Waals surface area contributed by atoms with Crippen LogP contribution >= 0.6 is 0 Å². The normalized spacial score (nSPS) is 17.6. The molecule has 0 bridgehead atoms. The zero-order valence-electron chi connectivity index (χ0n) is 11.5. The summed E-state index contributed by atoms with van der Waals surface area (Å²) >= 11 is 0. The summed E-state index contributed by atoms with van der Waals surface area (Å²) in [5, 5.41) is 9.32. The van der Waals surface area contributed by atoms with Crippen molar-refractivity contribution in [3.05, 3.63) is 35.4 Å². The van der Waals surface area contributed by atoms with Crippen LogP contribution in [0.3, 0.4) is 0 Å². The Morgan fingerprint density at radius 2 is 2.05 bits per heavy atom. The van der Waals surface area contributed by atoms with Gasteiger partial charge in [0.15, 0.2) is 0 Å². The first-order valence-corrected chi connectivity index (χ1v) is 6.80. The molecule has 1 aliphatic rings. The molecule has 1 aliphatic heterocycles. The Kier molecular flexibility index (Phi) is 4.74. The number of ether oxygens (including phenoxy) is 1. The fourth-order valence-electron chi connectivity index (χ4n) is 2.39. The standard InChI is InChI=1S/C15H19NO4/c1-2-7-20-10-14(17)16-9-12-6-4-3-5-11(12)8-13(16)15(18)19/h3-6,13H,2,7-10H2,1H3,(H,18,19)/t13-/m1/s1. The summed E-state index contributed by atoms with van der Waals surface area (Å²) in [6, 6.07) is 6.83. The van der Waals surface area contributed by atoms with Gasteiger partial charge < -0.3 is 14.7 Å². The van der Waals surface area contributed by atoms with E-state index < -0.39 is 12.0 Å². The molecule has 20 heavy (non-hydrogen) atoms. The molecule has 1 atom stereocenters. The van der Waals surface area contributed by atoms with E-state index in [1.807, 2.05) is 31.2 Å². The molecule has 0 unspecified atom stereocenters.